The molecule has 3 nitrogen and oxygen atoms in total. The maximum absolute atomic E-state index is 12.6. The van der Waals surface area contributed by atoms with Crippen LogP contribution in [-0.4, -0.2) is 30.4 Å². The molecule has 1 aliphatic rings. The molecule has 1 saturated heterocycles. The van der Waals surface area contributed by atoms with E-state index in [1.807, 2.05) is 23.1 Å². The van der Waals surface area contributed by atoms with Crippen molar-refractivity contribution in [2.45, 2.75) is 13.3 Å². The van der Waals surface area contributed by atoms with Gasteiger partial charge in [-0.1, -0.05) is 25.1 Å². The summed E-state index contributed by atoms with van der Waals surface area (Å²) in [4.78, 5) is 15.5. The van der Waals surface area contributed by atoms with Gasteiger partial charge >= 0.3 is 0 Å². The van der Waals surface area contributed by atoms with Gasteiger partial charge in [-0.3, -0.25) is 4.79 Å². The van der Waals surface area contributed by atoms with Gasteiger partial charge in [-0.2, -0.15) is 0 Å². The molecule has 2 unspecified atom stereocenters. The number of carbonyl (C=O) groups is 1. The van der Waals surface area contributed by atoms with E-state index >= 15 is 0 Å². The number of nitrogens with zero attached hydrogens (tertiary/aromatic N) is 1. The Labute approximate surface area is 123 Å². The third-order valence-electron chi connectivity index (χ3n) is 4.34. The SMILES string of the molecule is CC1CCN(C(=O)c2cc3ccccc3s2)CC1CN. The second-order valence-corrected chi connectivity index (χ2v) is 6.75. The second kappa shape index (κ2) is 5.54. The van der Waals surface area contributed by atoms with Crippen molar-refractivity contribution >= 4 is 27.3 Å². The highest BCUT2D eigenvalue weighted by molar-refractivity contribution is 7.20. The molecule has 106 valence electrons. The van der Waals surface area contributed by atoms with Crippen molar-refractivity contribution in [3.8, 4) is 0 Å². The number of hydrogen-bond donors (Lipinski definition) is 1. The summed E-state index contributed by atoms with van der Waals surface area (Å²) in [5.74, 6) is 1.21. The smallest absolute Gasteiger partial charge is 0.263 e. The van der Waals surface area contributed by atoms with Crippen LogP contribution in [0.5, 0.6) is 0 Å². The summed E-state index contributed by atoms with van der Waals surface area (Å²) in [6, 6.07) is 10.2. The number of piperidine rings is 1. The fourth-order valence-electron chi connectivity index (χ4n) is 2.88. The number of rotatable bonds is 2. The van der Waals surface area contributed by atoms with Gasteiger partial charge < -0.3 is 10.6 Å². The minimum absolute atomic E-state index is 0.163. The van der Waals surface area contributed by atoms with Crippen molar-refractivity contribution < 1.29 is 4.79 Å². The van der Waals surface area contributed by atoms with E-state index in [-0.39, 0.29) is 5.91 Å². The Hall–Kier alpha value is -1.39. The zero-order chi connectivity index (χ0) is 14.1. The third-order valence-corrected chi connectivity index (χ3v) is 5.44. The van der Waals surface area contributed by atoms with Gasteiger partial charge in [0.15, 0.2) is 0 Å². The fourth-order valence-corrected chi connectivity index (χ4v) is 3.91. The first-order valence-corrected chi connectivity index (χ1v) is 7.98. The van der Waals surface area contributed by atoms with E-state index in [4.69, 9.17) is 5.73 Å². The van der Waals surface area contributed by atoms with Gasteiger partial charge in [0.2, 0.25) is 0 Å². The lowest BCUT2D eigenvalue weighted by Crippen LogP contribution is -2.45. The average Bonchev–Trinajstić information content (AvgIpc) is 2.91. The van der Waals surface area contributed by atoms with E-state index in [1.165, 1.54) is 4.70 Å². The van der Waals surface area contributed by atoms with Crippen LogP contribution >= 0.6 is 11.3 Å². The standard InChI is InChI=1S/C16H20N2OS/c1-11-6-7-18(10-13(11)9-17)16(19)15-8-12-4-2-3-5-14(12)20-15/h2-5,8,11,13H,6-7,9-10,17H2,1H3. The predicted molar refractivity (Wildman–Crippen MR) is 84.1 cm³/mol. The van der Waals surface area contributed by atoms with Crippen LogP contribution in [-0.2, 0) is 0 Å². The number of amides is 1. The van der Waals surface area contributed by atoms with Crippen LogP contribution in [0.3, 0.4) is 0 Å². The largest absolute Gasteiger partial charge is 0.338 e. The number of fused-ring (bicyclic) bond motifs is 1. The first-order valence-electron chi connectivity index (χ1n) is 7.17. The summed E-state index contributed by atoms with van der Waals surface area (Å²) in [6.07, 6.45) is 1.05. The van der Waals surface area contributed by atoms with Crippen molar-refractivity contribution in [3.05, 3.63) is 35.2 Å². The van der Waals surface area contributed by atoms with Crippen molar-refractivity contribution in [1.29, 1.82) is 0 Å². The first kappa shape index (κ1) is 13.6. The van der Waals surface area contributed by atoms with Crippen LogP contribution < -0.4 is 5.73 Å². The highest BCUT2D eigenvalue weighted by atomic mass is 32.1. The molecule has 2 atom stereocenters. The third kappa shape index (κ3) is 2.45. The maximum atomic E-state index is 12.6. The second-order valence-electron chi connectivity index (χ2n) is 5.66. The Morgan fingerprint density at radius 3 is 3.00 bits per heavy atom. The molecule has 3 rings (SSSR count). The lowest BCUT2D eigenvalue weighted by molar-refractivity contribution is 0.0623. The fraction of sp³-hybridized carbons (Fsp3) is 0.438. The van der Waals surface area contributed by atoms with Crippen LogP contribution in [0.1, 0.15) is 23.0 Å². The molecule has 0 bridgehead atoms. The number of likely N-dealkylation sites (tertiary alicyclic amines) is 1. The minimum Gasteiger partial charge on any atom is -0.338 e. The van der Waals surface area contributed by atoms with E-state index < -0.39 is 0 Å². The summed E-state index contributed by atoms with van der Waals surface area (Å²) in [5, 5.41) is 1.15. The summed E-state index contributed by atoms with van der Waals surface area (Å²) in [5.41, 5.74) is 5.82. The lowest BCUT2D eigenvalue weighted by atomic mass is 9.87. The van der Waals surface area contributed by atoms with Gasteiger partial charge in [0.25, 0.3) is 5.91 Å². The molecule has 1 fully saturated rings. The molecule has 1 amide bonds. The van der Waals surface area contributed by atoms with Gasteiger partial charge in [0, 0.05) is 17.8 Å². The molecule has 2 N–H and O–H groups in total. The molecule has 2 heterocycles. The highest BCUT2D eigenvalue weighted by Gasteiger charge is 2.29. The van der Waals surface area contributed by atoms with Gasteiger partial charge in [-0.25, -0.2) is 0 Å². The first-order chi connectivity index (χ1) is 9.69. The number of carbonyl (C=O) groups excluding carboxylic acids is 1. The van der Waals surface area contributed by atoms with E-state index in [9.17, 15) is 4.79 Å². The molecule has 2 aromatic rings. The van der Waals surface area contributed by atoms with Crippen LogP contribution in [0.25, 0.3) is 10.1 Å². The van der Waals surface area contributed by atoms with E-state index in [1.54, 1.807) is 11.3 Å². The van der Waals surface area contributed by atoms with Gasteiger partial charge in [0.05, 0.1) is 4.88 Å². The molecule has 1 aromatic heterocycles. The quantitative estimate of drug-likeness (QED) is 0.923. The normalized spacial score (nSPS) is 23.2. The molecular formula is C16H20N2OS. The molecule has 20 heavy (non-hydrogen) atoms. The van der Waals surface area contributed by atoms with E-state index in [0.29, 0.717) is 18.4 Å². The molecule has 0 saturated carbocycles. The highest BCUT2D eigenvalue weighted by Crippen LogP contribution is 2.29. The van der Waals surface area contributed by atoms with Crippen molar-refractivity contribution in [2.24, 2.45) is 17.6 Å². The molecule has 4 heteroatoms. The van der Waals surface area contributed by atoms with Crippen LogP contribution in [0.15, 0.2) is 30.3 Å². The Balaban J connectivity index is 1.81. The molecule has 1 aliphatic heterocycles. The van der Waals surface area contributed by atoms with Crippen molar-refractivity contribution in [1.82, 2.24) is 4.90 Å². The molecule has 0 spiro atoms. The number of thiophene rings is 1. The topological polar surface area (TPSA) is 46.3 Å². The van der Waals surface area contributed by atoms with Crippen LogP contribution in [0.2, 0.25) is 0 Å². The number of benzene rings is 1. The predicted octanol–water partition coefficient (Wildman–Crippen LogP) is 2.96. The van der Waals surface area contributed by atoms with E-state index in [2.05, 4.69) is 19.1 Å². The summed E-state index contributed by atoms with van der Waals surface area (Å²) < 4.78 is 1.18. The Morgan fingerprint density at radius 2 is 2.25 bits per heavy atom. The molecule has 0 aliphatic carbocycles. The number of nitrogens with two attached hydrogens (primary N) is 1. The average molecular weight is 288 g/mol. The van der Waals surface area contributed by atoms with Crippen LogP contribution in [0.4, 0.5) is 0 Å². The summed E-state index contributed by atoms with van der Waals surface area (Å²) >= 11 is 1.59. The molecule has 0 radical (unpaired) electrons. The van der Waals surface area contributed by atoms with Gasteiger partial charge in [-0.15, -0.1) is 11.3 Å². The maximum Gasteiger partial charge on any atom is 0.263 e. The molecule has 1 aromatic carbocycles. The number of hydrogen-bond acceptors (Lipinski definition) is 3. The monoisotopic (exact) mass is 288 g/mol. The Bertz CT molecular complexity index is 589. The summed E-state index contributed by atoms with van der Waals surface area (Å²) in [6.45, 7) is 4.55. The van der Waals surface area contributed by atoms with E-state index in [0.717, 1.165) is 29.8 Å². The van der Waals surface area contributed by atoms with Crippen molar-refractivity contribution in [2.75, 3.05) is 19.6 Å². The Kier molecular flexibility index (Phi) is 3.76. The van der Waals surface area contributed by atoms with Crippen molar-refractivity contribution in [3.63, 3.8) is 0 Å². The zero-order valence-electron chi connectivity index (χ0n) is 11.7. The van der Waals surface area contributed by atoms with Gasteiger partial charge in [-0.05, 0) is 42.3 Å². The zero-order valence-corrected chi connectivity index (χ0v) is 12.5. The van der Waals surface area contributed by atoms with Gasteiger partial charge in [0.1, 0.15) is 0 Å². The Morgan fingerprint density at radius 1 is 1.45 bits per heavy atom. The lowest BCUT2D eigenvalue weighted by Gasteiger charge is -2.36. The van der Waals surface area contributed by atoms with Crippen LogP contribution in [0, 0.1) is 11.8 Å². The summed E-state index contributed by atoms with van der Waals surface area (Å²) in [7, 11) is 0. The minimum atomic E-state index is 0.163. The molecular weight excluding hydrogens is 268 g/mol.